The van der Waals surface area contributed by atoms with Gasteiger partial charge in [0.25, 0.3) is 5.91 Å². The number of amides is 1. The number of aromatic nitrogens is 2. The second-order valence-electron chi connectivity index (χ2n) is 3.47. The number of hydrogen-bond donors (Lipinski definition) is 3. The molecule has 1 aliphatic heterocycles. The smallest absolute Gasteiger partial charge is 0.276 e. The first kappa shape index (κ1) is 9.01. The largest absolute Gasteiger partial charge is 0.395 e. The molecule has 6 nitrogen and oxygen atoms in total. The Hall–Kier alpha value is -1.56. The number of nitrogens with one attached hydrogen (secondary N) is 1. The van der Waals surface area contributed by atoms with E-state index in [1.54, 1.807) is 6.92 Å². The lowest BCUT2D eigenvalue weighted by atomic mass is 10.1. The van der Waals surface area contributed by atoms with Gasteiger partial charge in [-0.15, -0.1) is 0 Å². The van der Waals surface area contributed by atoms with E-state index in [0.717, 1.165) is 0 Å². The Labute approximate surface area is 80.7 Å². The minimum absolute atomic E-state index is 0.225. The third kappa shape index (κ3) is 1.24. The van der Waals surface area contributed by atoms with E-state index in [-0.39, 0.29) is 11.6 Å². The summed E-state index contributed by atoms with van der Waals surface area (Å²) in [6, 6.07) is 0. The number of hydrogen-bond acceptors (Lipinski definition) is 4. The molecule has 0 aliphatic carbocycles. The first-order chi connectivity index (χ1) is 6.59. The number of nitrogens with two attached hydrogens (primary N) is 1. The van der Waals surface area contributed by atoms with Crippen molar-refractivity contribution in [3.63, 3.8) is 0 Å². The van der Waals surface area contributed by atoms with Crippen LogP contribution in [0.25, 0.3) is 0 Å². The molecule has 0 saturated carbocycles. The van der Waals surface area contributed by atoms with Crippen LogP contribution in [0.2, 0.25) is 0 Å². The first-order valence-electron chi connectivity index (χ1n) is 4.37. The third-order valence-electron chi connectivity index (χ3n) is 2.35. The molecule has 1 saturated heterocycles. The molecule has 0 radical (unpaired) electrons. The number of aliphatic hydroxyl groups excluding tert-OH is 1. The minimum Gasteiger partial charge on any atom is -0.395 e. The van der Waals surface area contributed by atoms with Crippen LogP contribution in [-0.2, 0) is 0 Å². The zero-order valence-electron chi connectivity index (χ0n) is 7.82. The summed E-state index contributed by atoms with van der Waals surface area (Å²) in [7, 11) is 0. The number of carbonyl (C=O) groups excluding carboxylic acids is 1. The van der Waals surface area contributed by atoms with E-state index in [9.17, 15) is 4.79 Å². The number of likely N-dealkylation sites (tertiary alicyclic amines) is 1. The maximum absolute atomic E-state index is 11.7. The van der Waals surface area contributed by atoms with Crippen LogP contribution in [0.5, 0.6) is 0 Å². The highest BCUT2D eigenvalue weighted by Gasteiger charge is 2.31. The van der Waals surface area contributed by atoms with E-state index in [0.29, 0.717) is 24.5 Å². The van der Waals surface area contributed by atoms with Gasteiger partial charge in [0.15, 0.2) is 5.69 Å². The normalized spacial score (nSPS) is 16.9. The van der Waals surface area contributed by atoms with Crippen molar-refractivity contribution in [2.45, 2.75) is 13.0 Å². The molecule has 0 bridgehead atoms. The summed E-state index contributed by atoms with van der Waals surface area (Å²) >= 11 is 0. The second-order valence-corrected chi connectivity index (χ2v) is 3.47. The van der Waals surface area contributed by atoms with Crippen LogP contribution in [0.4, 0.5) is 5.69 Å². The van der Waals surface area contributed by atoms with E-state index in [1.807, 2.05) is 0 Å². The molecule has 0 spiro atoms. The maximum atomic E-state index is 11.7. The van der Waals surface area contributed by atoms with Crippen molar-refractivity contribution in [2.75, 3.05) is 18.8 Å². The van der Waals surface area contributed by atoms with Gasteiger partial charge in [-0.25, -0.2) is 0 Å². The third-order valence-corrected chi connectivity index (χ3v) is 2.35. The fourth-order valence-electron chi connectivity index (χ4n) is 1.37. The van der Waals surface area contributed by atoms with Crippen LogP contribution < -0.4 is 5.73 Å². The van der Waals surface area contributed by atoms with Crippen LogP contribution in [0.3, 0.4) is 0 Å². The number of aromatic amines is 1. The number of nitrogens with zero attached hydrogens (tertiary/aromatic N) is 2. The SMILES string of the molecule is Cc1[nH]nc(C(=O)N2CC(O)C2)c1N. The molecule has 1 fully saturated rings. The van der Waals surface area contributed by atoms with Crippen molar-refractivity contribution in [3.05, 3.63) is 11.4 Å². The monoisotopic (exact) mass is 196 g/mol. The molecule has 1 aromatic heterocycles. The molecule has 14 heavy (non-hydrogen) atoms. The van der Waals surface area contributed by atoms with Crippen LogP contribution in [0.15, 0.2) is 0 Å². The van der Waals surface area contributed by atoms with Gasteiger partial charge in [0.2, 0.25) is 0 Å². The zero-order valence-corrected chi connectivity index (χ0v) is 7.82. The molecule has 0 atom stereocenters. The Balaban J connectivity index is 2.16. The lowest BCUT2D eigenvalue weighted by Gasteiger charge is -2.35. The highest BCUT2D eigenvalue weighted by molar-refractivity contribution is 5.98. The molecule has 2 heterocycles. The van der Waals surface area contributed by atoms with Crippen molar-refractivity contribution in [2.24, 2.45) is 0 Å². The van der Waals surface area contributed by atoms with Crippen molar-refractivity contribution in [1.82, 2.24) is 15.1 Å². The van der Waals surface area contributed by atoms with Gasteiger partial charge in [-0.05, 0) is 6.92 Å². The molecule has 1 amide bonds. The fraction of sp³-hybridized carbons (Fsp3) is 0.500. The Morgan fingerprint density at radius 1 is 1.71 bits per heavy atom. The summed E-state index contributed by atoms with van der Waals surface area (Å²) in [6.45, 7) is 2.48. The average molecular weight is 196 g/mol. The quantitative estimate of drug-likeness (QED) is 0.543. The van der Waals surface area contributed by atoms with Gasteiger partial charge in [-0.3, -0.25) is 9.89 Å². The van der Waals surface area contributed by atoms with Gasteiger partial charge in [0.05, 0.1) is 17.5 Å². The van der Waals surface area contributed by atoms with Crippen molar-refractivity contribution < 1.29 is 9.90 Å². The molecule has 4 N–H and O–H groups in total. The van der Waals surface area contributed by atoms with Crippen LogP contribution in [-0.4, -0.2) is 45.3 Å². The summed E-state index contributed by atoms with van der Waals surface area (Å²) in [5.41, 5.74) is 6.97. The zero-order chi connectivity index (χ0) is 10.3. The highest BCUT2D eigenvalue weighted by atomic mass is 16.3. The molecule has 6 heteroatoms. The van der Waals surface area contributed by atoms with Crippen LogP contribution in [0, 0.1) is 6.92 Å². The Kier molecular flexibility index (Phi) is 1.92. The Morgan fingerprint density at radius 2 is 2.36 bits per heavy atom. The topological polar surface area (TPSA) is 95.2 Å². The summed E-state index contributed by atoms with van der Waals surface area (Å²) in [4.78, 5) is 13.2. The van der Waals surface area contributed by atoms with Crippen molar-refractivity contribution in [1.29, 1.82) is 0 Å². The number of aliphatic hydroxyl groups is 1. The molecular formula is C8H12N4O2. The lowest BCUT2D eigenvalue weighted by molar-refractivity contribution is 0.00557. The average Bonchev–Trinajstić information content (AvgIpc) is 2.42. The van der Waals surface area contributed by atoms with Gasteiger partial charge in [0, 0.05) is 13.1 Å². The van der Waals surface area contributed by atoms with Gasteiger partial charge in [-0.1, -0.05) is 0 Å². The maximum Gasteiger partial charge on any atom is 0.276 e. The van der Waals surface area contributed by atoms with Crippen LogP contribution in [0.1, 0.15) is 16.2 Å². The van der Waals surface area contributed by atoms with Gasteiger partial charge < -0.3 is 15.7 Å². The predicted molar refractivity (Wildman–Crippen MR) is 49.6 cm³/mol. The number of H-pyrrole nitrogens is 1. The highest BCUT2D eigenvalue weighted by Crippen LogP contribution is 2.18. The summed E-state index contributed by atoms with van der Waals surface area (Å²) in [6.07, 6.45) is -0.403. The number of rotatable bonds is 1. The van der Waals surface area contributed by atoms with E-state index >= 15 is 0 Å². The number of carbonyl (C=O) groups is 1. The van der Waals surface area contributed by atoms with Gasteiger partial charge in [-0.2, -0.15) is 5.10 Å². The van der Waals surface area contributed by atoms with E-state index < -0.39 is 6.10 Å². The van der Waals surface area contributed by atoms with Crippen LogP contribution >= 0.6 is 0 Å². The number of anilines is 1. The predicted octanol–water partition coefficient (Wildman–Crippen LogP) is -0.883. The molecule has 1 aromatic rings. The molecule has 0 unspecified atom stereocenters. The Bertz CT molecular complexity index is 367. The minimum atomic E-state index is -0.403. The van der Waals surface area contributed by atoms with Gasteiger partial charge >= 0.3 is 0 Å². The second kappa shape index (κ2) is 2.98. The number of nitrogen functional groups attached to an aromatic ring is 1. The van der Waals surface area contributed by atoms with Gasteiger partial charge in [0.1, 0.15) is 0 Å². The molecule has 76 valence electrons. The van der Waals surface area contributed by atoms with Crippen molar-refractivity contribution in [3.8, 4) is 0 Å². The summed E-state index contributed by atoms with van der Waals surface area (Å²) < 4.78 is 0. The van der Waals surface area contributed by atoms with E-state index in [1.165, 1.54) is 4.90 Å². The summed E-state index contributed by atoms with van der Waals surface area (Å²) in [5, 5.41) is 15.5. The summed E-state index contributed by atoms with van der Waals surface area (Å²) in [5.74, 6) is -0.225. The van der Waals surface area contributed by atoms with E-state index in [4.69, 9.17) is 10.8 Å². The fourth-order valence-corrected chi connectivity index (χ4v) is 1.37. The Morgan fingerprint density at radius 3 is 2.79 bits per heavy atom. The molecule has 0 aromatic carbocycles. The number of β-amino-alcohol motifs (C(OH)–C–C–N with tert-alkyl or cyclic N) is 1. The molecule has 2 rings (SSSR count). The van der Waals surface area contributed by atoms with Crippen molar-refractivity contribution >= 4 is 11.6 Å². The lowest BCUT2D eigenvalue weighted by Crippen LogP contribution is -2.53. The standard InChI is InChI=1S/C8H12N4O2/c1-4-6(9)7(11-10-4)8(14)12-2-5(13)3-12/h5,13H,2-3,9H2,1H3,(H,10,11). The molecule has 1 aliphatic rings. The first-order valence-corrected chi connectivity index (χ1v) is 4.37. The molecular weight excluding hydrogens is 184 g/mol. The van der Waals surface area contributed by atoms with E-state index in [2.05, 4.69) is 10.2 Å². The number of aryl methyl sites for hydroxylation is 1.